The average molecular weight is 128 g/mol. The molecule has 9 heavy (non-hydrogen) atoms. The molecule has 0 bridgehead atoms. The molecular weight excluding hydrogens is 120 g/mol. The molecule has 0 rings (SSSR count). The molecule has 4 nitrogen and oxygen atoms in total. The summed E-state index contributed by atoms with van der Waals surface area (Å²) >= 11 is 0. The second-order valence-corrected chi connectivity index (χ2v) is 1.43. The van der Waals surface area contributed by atoms with Crippen molar-refractivity contribution in [2.24, 2.45) is 10.2 Å². The van der Waals surface area contributed by atoms with Crippen molar-refractivity contribution in [1.82, 2.24) is 0 Å². The minimum atomic E-state index is -0.970. The number of aliphatic carboxylic acids is 1. The first-order valence-electron chi connectivity index (χ1n) is 2.37. The number of hydrogen-bond acceptors (Lipinski definition) is 3. The summed E-state index contributed by atoms with van der Waals surface area (Å²) in [6.07, 6.45) is 1.20. The van der Waals surface area contributed by atoms with E-state index in [4.69, 9.17) is 5.11 Å². The third kappa shape index (κ3) is 3.40. The highest BCUT2D eigenvalue weighted by atomic mass is 16.4. The molecule has 0 saturated heterocycles. The number of rotatable bonds is 2. The van der Waals surface area contributed by atoms with Gasteiger partial charge in [-0.1, -0.05) is 0 Å². The third-order valence-electron chi connectivity index (χ3n) is 0.704. The van der Waals surface area contributed by atoms with Crippen LogP contribution < -0.4 is 0 Å². The molecule has 0 fully saturated rings. The highest BCUT2D eigenvalue weighted by Gasteiger charge is 1.95. The molecule has 1 N–H and O–H groups in total. The van der Waals surface area contributed by atoms with Crippen LogP contribution in [0.5, 0.6) is 0 Å². The largest absolute Gasteiger partial charge is 0.478 e. The van der Waals surface area contributed by atoms with Crippen LogP contribution in [0.4, 0.5) is 0 Å². The van der Waals surface area contributed by atoms with E-state index in [9.17, 15) is 4.79 Å². The Labute approximate surface area is 52.9 Å². The summed E-state index contributed by atoms with van der Waals surface area (Å²) in [6.45, 7) is 1.46. The van der Waals surface area contributed by atoms with E-state index in [0.717, 1.165) is 0 Å². The average Bonchev–Trinajstić information content (AvgIpc) is 1.82. The van der Waals surface area contributed by atoms with Gasteiger partial charge in [-0.05, 0) is 6.92 Å². The molecule has 0 aliphatic rings. The van der Waals surface area contributed by atoms with E-state index in [2.05, 4.69) is 10.2 Å². The molecule has 0 atom stereocenters. The maximum atomic E-state index is 10.0. The summed E-state index contributed by atoms with van der Waals surface area (Å²) < 4.78 is 0. The molecule has 0 aromatic heterocycles. The van der Waals surface area contributed by atoms with Crippen molar-refractivity contribution in [2.45, 2.75) is 6.92 Å². The molecule has 0 radical (unpaired) electrons. The van der Waals surface area contributed by atoms with Crippen LogP contribution in [-0.4, -0.2) is 18.1 Å². The second kappa shape index (κ2) is 3.77. The summed E-state index contributed by atoms with van der Waals surface area (Å²) in [7, 11) is 1.48. The number of nitrogens with zero attached hydrogens (tertiary/aromatic N) is 2. The fraction of sp³-hybridized carbons (Fsp3) is 0.400. The van der Waals surface area contributed by atoms with Crippen molar-refractivity contribution in [2.75, 3.05) is 7.05 Å². The number of carboxylic acids is 1. The maximum Gasteiger partial charge on any atom is 0.332 e. The van der Waals surface area contributed by atoms with Gasteiger partial charge in [-0.15, -0.1) is 0 Å². The van der Waals surface area contributed by atoms with Crippen molar-refractivity contribution in [1.29, 1.82) is 0 Å². The van der Waals surface area contributed by atoms with Gasteiger partial charge in [0.15, 0.2) is 0 Å². The summed E-state index contributed by atoms with van der Waals surface area (Å²) in [5.74, 6) is -0.970. The van der Waals surface area contributed by atoms with Crippen LogP contribution >= 0.6 is 0 Å². The Balaban J connectivity index is 4.00. The lowest BCUT2D eigenvalue weighted by molar-refractivity contribution is -0.132. The van der Waals surface area contributed by atoms with E-state index >= 15 is 0 Å². The highest BCUT2D eigenvalue weighted by Crippen LogP contribution is 1.91. The van der Waals surface area contributed by atoms with E-state index < -0.39 is 5.97 Å². The van der Waals surface area contributed by atoms with Crippen LogP contribution in [0.1, 0.15) is 6.92 Å². The molecule has 0 aliphatic carbocycles. The zero-order valence-corrected chi connectivity index (χ0v) is 5.33. The van der Waals surface area contributed by atoms with Crippen molar-refractivity contribution in [3.63, 3.8) is 0 Å². The smallest absolute Gasteiger partial charge is 0.332 e. The Hall–Kier alpha value is -1.19. The first kappa shape index (κ1) is 7.81. The Morgan fingerprint density at radius 3 is 2.56 bits per heavy atom. The molecule has 0 aromatic carbocycles. The van der Waals surface area contributed by atoms with Gasteiger partial charge in [-0.2, -0.15) is 10.2 Å². The standard InChI is InChI=1S/C5H8N2O2/c1-4(5(8)9)3-7-6-2/h3H,1-2H3,(H,8,9)/b4-3+,7-6?. The van der Waals surface area contributed by atoms with Gasteiger partial charge in [0, 0.05) is 7.05 Å². The van der Waals surface area contributed by atoms with Crippen LogP contribution in [-0.2, 0) is 4.79 Å². The number of carbonyl (C=O) groups is 1. The first-order chi connectivity index (χ1) is 4.18. The predicted molar refractivity (Wildman–Crippen MR) is 32.2 cm³/mol. The summed E-state index contributed by atoms with van der Waals surface area (Å²) in [5.41, 5.74) is 0.181. The van der Waals surface area contributed by atoms with Gasteiger partial charge in [0.2, 0.25) is 0 Å². The van der Waals surface area contributed by atoms with Gasteiger partial charge in [-0.25, -0.2) is 4.79 Å². The lowest BCUT2D eigenvalue weighted by atomic mass is 10.3. The lowest BCUT2D eigenvalue weighted by Gasteiger charge is -1.84. The van der Waals surface area contributed by atoms with Crippen molar-refractivity contribution in [3.8, 4) is 0 Å². The zero-order valence-electron chi connectivity index (χ0n) is 5.33. The van der Waals surface area contributed by atoms with Crippen LogP contribution in [0.25, 0.3) is 0 Å². The fourth-order valence-electron chi connectivity index (χ4n) is 0.200. The van der Waals surface area contributed by atoms with Gasteiger partial charge < -0.3 is 5.11 Å². The van der Waals surface area contributed by atoms with Gasteiger partial charge in [0.25, 0.3) is 0 Å². The van der Waals surface area contributed by atoms with Crippen LogP contribution in [0, 0.1) is 0 Å². The third-order valence-corrected chi connectivity index (χ3v) is 0.704. The molecule has 0 amide bonds. The van der Waals surface area contributed by atoms with Gasteiger partial charge in [-0.3, -0.25) is 0 Å². The fourth-order valence-corrected chi connectivity index (χ4v) is 0.200. The molecule has 50 valence electrons. The highest BCUT2D eigenvalue weighted by molar-refractivity contribution is 5.85. The second-order valence-electron chi connectivity index (χ2n) is 1.43. The van der Waals surface area contributed by atoms with E-state index in [-0.39, 0.29) is 5.57 Å². The zero-order chi connectivity index (χ0) is 7.28. The maximum absolute atomic E-state index is 10.0. The summed E-state index contributed by atoms with van der Waals surface area (Å²) in [6, 6.07) is 0. The van der Waals surface area contributed by atoms with E-state index in [1.165, 1.54) is 20.2 Å². The summed E-state index contributed by atoms with van der Waals surface area (Å²) in [5, 5.41) is 15.0. The Morgan fingerprint density at radius 1 is 1.67 bits per heavy atom. The molecule has 0 heterocycles. The molecule has 0 aliphatic heterocycles. The van der Waals surface area contributed by atoms with Gasteiger partial charge >= 0.3 is 5.97 Å². The summed E-state index contributed by atoms with van der Waals surface area (Å²) in [4.78, 5) is 10.0. The normalized spacial score (nSPS) is 12.4. The molecule has 0 spiro atoms. The van der Waals surface area contributed by atoms with Crippen LogP contribution in [0.15, 0.2) is 22.0 Å². The van der Waals surface area contributed by atoms with Crippen molar-refractivity contribution >= 4 is 5.97 Å². The monoisotopic (exact) mass is 128 g/mol. The minimum Gasteiger partial charge on any atom is -0.478 e. The SMILES string of the molecule is CN=N/C=C(\C)C(=O)O. The first-order valence-corrected chi connectivity index (χ1v) is 2.37. The topological polar surface area (TPSA) is 62.0 Å². The molecule has 0 saturated carbocycles. The molecular formula is C5H8N2O2. The molecule has 0 unspecified atom stereocenters. The van der Waals surface area contributed by atoms with Crippen molar-refractivity contribution < 1.29 is 9.90 Å². The van der Waals surface area contributed by atoms with E-state index in [0.29, 0.717) is 0 Å². The minimum absolute atomic E-state index is 0.181. The molecule has 0 aromatic rings. The van der Waals surface area contributed by atoms with Gasteiger partial charge in [0.1, 0.15) is 0 Å². The quantitative estimate of drug-likeness (QED) is 0.446. The van der Waals surface area contributed by atoms with Crippen molar-refractivity contribution in [3.05, 3.63) is 11.8 Å². The van der Waals surface area contributed by atoms with E-state index in [1.807, 2.05) is 0 Å². The Bertz CT molecular complexity index is 160. The lowest BCUT2D eigenvalue weighted by Crippen LogP contribution is -1.94. The molecule has 4 heteroatoms. The Kier molecular flexibility index (Phi) is 3.27. The van der Waals surface area contributed by atoms with Crippen LogP contribution in [0.2, 0.25) is 0 Å². The van der Waals surface area contributed by atoms with E-state index in [1.54, 1.807) is 0 Å². The predicted octanol–water partition coefficient (Wildman–Crippen LogP) is 1.06. The van der Waals surface area contributed by atoms with Gasteiger partial charge in [0.05, 0.1) is 11.8 Å². The number of carboxylic acid groups (broad SMARTS) is 1. The Morgan fingerprint density at radius 2 is 2.22 bits per heavy atom. The number of azo groups is 1. The van der Waals surface area contributed by atoms with Crippen LogP contribution in [0.3, 0.4) is 0 Å². The number of hydrogen-bond donors (Lipinski definition) is 1.